The number of alkyl halides is 3. The van der Waals surface area contributed by atoms with Gasteiger partial charge in [-0.15, -0.1) is 0 Å². The third-order valence-electron chi connectivity index (χ3n) is 4.84. The molecule has 12 heteroatoms. The van der Waals surface area contributed by atoms with Crippen molar-refractivity contribution in [1.82, 2.24) is 0 Å². The third kappa shape index (κ3) is 5.55. The summed E-state index contributed by atoms with van der Waals surface area (Å²) in [6.07, 6.45) is -4.98. The van der Waals surface area contributed by atoms with Crippen LogP contribution in [0.15, 0.2) is 18.2 Å². The summed E-state index contributed by atoms with van der Waals surface area (Å²) in [7, 11) is 0. The molecule has 1 saturated carbocycles. The Balaban J connectivity index is 2.60. The van der Waals surface area contributed by atoms with E-state index in [9.17, 15) is 42.5 Å². The average Bonchev–Trinajstić information content (AvgIpc) is 3.47. The Morgan fingerprint density at radius 2 is 1.73 bits per heavy atom. The molecule has 1 atom stereocenters. The van der Waals surface area contributed by atoms with Crippen molar-refractivity contribution in [3.8, 4) is 0 Å². The first-order chi connectivity index (χ1) is 15.0. The van der Waals surface area contributed by atoms with Gasteiger partial charge in [0.1, 0.15) is 11.0 Å². The molecule has 33 heavy (non-hydrogen) atoms. The number of carbonyl (C=O) groups excluding carboxylic acids is 4. The van der Waals surface area contributed by atoms with Crippen LogP contribution >= 0.6 is 0 Å². The number of carbonyl (C=O) groups is 4. The van der Waals surface area contributed by atoms with Gasteiger partial charge >= 0.3 is 18.1 Å². The van der Waals surface area contributed by atoms with Crippen LogP contribution in [0.5, 0.6) is 0 Å². The number of Topliss-reactive ketones (excluding diaryl/α,β-unsaturated/α-hetero) is 2. The largest absolute Gasteiger partial charge is 0.465 e. The summed E-state index contributed by atoms with van der Waals surface area (Å²) in [6, 6.07) is 1.09. The number of rotatable bonds is 8. The Hall–Kier alpha value is -3.31. The van der Waals surface area contributed by atoms with Gasteiger partial charge in [0.2, 0.25) is 0 Å². The highest BCUT2D eigenvalue weighted by Gasteiger charge is 2.62. The van der Waals surface area contributed by atoms with Gasteiger partial charge in [0.15, 0.2) is 17.5 Å². The van der Waals surface area contributed by atoms with Gasteiger partial charge in [-0.2, -0.15) is 13.2 Å². The highest BCUT2D eigenvalue weighted by Crippen LogP contribution is 2.50. The molecular formula is C21H22F3NO8. The molecule has 9 nitrogen and oxygen atoms in total. The molecule has 0 bridgehead atoms. The summed E-state index contributed by atoms with van der Waals surface area (Å²) in [5.74, 6) is -7.24. The van der Waals surface area contributed by atoms with Crippen LogP contribution in [0, 0.1) is 21.4 Å². The van der Waals surface area contributed by atoms with E-state index in [4.69, 9.17) is 9.47 Å². The van der Waals surface area contributed by atoms with Crippen LogP contribution in [0.1, 0.15) is 56.5 Å². The van der Waals surface area contributed by atoms with Gasteiger partial charge in [0.05, 0.1) is 22.7 Å². The number of nitrogens with zero attached hydrogens (tertiary/aromatic N) is 1. The lowest BCUT2D eigenvalue weighted by atomic mass is 9.84. The number of hydrogen-bond donors (Lipinski definition) is 0. The monoisotopic (exact) mass is 473 g/mol. The number of hydrogen-bond acceptors (Lipinski definition) is 8. The lowest BCUT2D eigenvalue weighted by Crippen LogP contribution is -2.43. The molecule has 0 saturated heterocycles. The standard InChI is InChI=1S/C21H22F3NO8/c1-5-32-18(29)20(8-9-20)16(27)14(17(28)33-19(2,3)4)15(26)12-7-6-11(21(22,23)24)10-13(12)25(30)31/h6-7,10,14H,5,8-9H2,1-4H3. The van der Waals surface area contributed by atoms with E-state index < -0.39 is 68.4 Å². The van der Waals surface area contributed by atoms with Gasteiger partial charge in [-0.05, 0) is 52.7 Å². The highest BCUT2D eigenvalue weighted by atomic mass is 19.4. The van der Waals surface area contributed by atoms with Gasteiger partial charge in [0, 0.05) is 6.07 Å². The fourth-order valence-corrected chi connectivity index (χ4v) is 3.14. The van der Waals surface area contributed by atoms with Gasteiger partial charge < -0.3 is 9.47 Å². The fourth-order valence-electron chi connectivity index (χ4n) is 3.14. The van der Waals surface area contributed by atoms with Crippen LogP contribution in [0.2, 0.25) is 0 Å². The molecule has 0 spiro atoms. The van der Waals surface area contributed by atoms with Crippen LogP contribution in [0.4, 0.5) is 18.9 Å². The SMILES string of the molecule is CCOC(=O)C1(C(=O)C(C(=O)OC(C)(C)C)C(=O)c2ccc(C(F)(F)F)cc2[N+](=O)[O-])CC1. The lowest BCUT2D eigenvalue weighted by Gasteiger charge is -2.24. The molecule has 1 unspecified atom stereocenters. The molecule has 1 fully saturated rings. The van der Waals surface area contributed by atoms with Crippen molar-refractivity contribution in [3.05, 3.63) is 39.4 Å². The number of halogens is 3. The van der Waals surface area contributed by atoms with E-state index in [0.29, 0.717) is 12.1 Å². The van der Waals surface area contributed by atoms with Crippen LogP contribution in [-0.4, -0.2) is 40.6 Å². The van der Waals surface area contributed by atoms with Crippen molar-refractivity contribution < 1.29 is 46.7 Å². The maximum absolute atomic E-state index is 13.2. The minimum absolute atomic E-state index is 0.0215. The first-order valence-corrected chi connectivity index (χ1v) is 9.89. The van der Waals surface area contributed by atoms with E-state index in [1.807, 2.05) is 0 Å². The van der Waals surface area contributed by atoms with E-state index in [2.05, 4.69) is 0 Å². The van der Waals surface area contributed by atoms with Gasteiger partial charge in [-0.1, -0.05) is 0 Å². The smallest absolute Gasteiger partial charge is 0.416 e. The molecule has 2 rings (SSSR count). The van der Waals surface area contributed by atoms with Gasteiger partial charge in [-0.25, -0.2) is 0 Å². The zero-order valence-corrected chi connectivity index (χ0v) is 18.3. The van der Waals surface area contributed by atoms with Gasteiger partial charge in [-0.3, -0.25) is 29.3 Å². The topological polar surface area (TPSA) is 130 Å². The summed E-state index contributed by atoms with van der Waals surface area (Å²) >= 11 is 0. The Morgan fingerprint density at radius 3 is 2.15 bits per heavy atom. The Morgan fingerprint density at radius 1 is 1.15 bits per heavy atom. The molecule has 0 aliphatic heterocycles. The van der Waals surface area contributed by atoms with Crippen LogP contribution in [0.3, 0.4) is 0 Å². The quantitative estimate of drug-likeness (QED) is 0.184. The molecule has 0 radical (unpaired) electrons. The Kier molecular flexibility index (Phi) is 7.00. The molecule has 0 heterocycles. The van der Waals surface area contributed by atoms with Crippen LogP contribution < -0.4 is 0 Å². The van der Waals surface area contributed by atoms with Crippen LogP contribution in [0.25, 0.3) is 0 Å². The number of nitro benzene ring substituents is 1. The van der Waals surface area contributed by atoms with E-state index in [1.165, 1.54) is 27.7 Å². The molecule has 0 aromatic heterocycles. The highest BCUT2D eigenvalue weighted by molar-refractivity contribution is 6.28. The second kappa shape index (κ2) is 8.91. The van der Waals surface area contributed by atoms with Crippen molar-refractivity contribution in [1.29, 1.82) is 0 Å². The molecular weight excluding hydrogens is 451 g/mol. The third-order valence-corrected chi connectivity index (χ3v) is 4.84. The molecule has 1 aromatic carbocycles. The van der Waals surface area contributed by atoms with E-state index >= 15 is 0 Å². The lowest BCUT2D eigenvalue weighted by molar-refractivity contribution is -0.385. The number of nitro groups is 1. The molecule has 0 amide bonds. The maximum atomic E-state index is 13.2. The minimum atomic E-state index is -4.94. The van der Waals surface area contributed by atoms with Crippen LogP contribution in [-0.2, 0) is 30.0 Å². The summed E-state index contributed by atoms with van der Waals surface area (Å²) in [4.78, 5) is 61.7. The first-order valence-electron chi connectivity index (χ1n) is 9.89. The molecule has 1 aliphatic carbocycles. The predicted molar refractivity (Wildman–Crippen MR) is 105 cm³/mol. The van der Waals surface area contributed by atoms with Crippen molar-refractivity contribution in [2.75, 3.05) is 6.61 Å². The zero-order chi connectivity index (χ0) is 25.4. The first kappa shape index (κ1) is 25.9. The Labute approximate surface area is 186 Å². The van der Waals surface area contributed by atoms with Crippen molar-refractivity contribution in [2.45, 2.75) is 52.3 Å². The van der Waals surface area contributed by atoms with Crippen molar-refractivity contribution in [3.63, 3.8) is 0 Å². The summed E-state index contributed by atoms with van der Waals surface area (Å²) in [5.41, 5.74) is -6.50. The zero-order valence-electron chi connectivity index (χ0n) is 18.3. The number of benzene rings is 1. The number of esters is 2. The molecule has 1 aromatic rings. The van der Waals surface area contributed by atoms with Gasteiger partial charge in [0.25, 0.3) is 5.69 Å². The van der Waals surface area contributed by atoms with Crippen molar-refractivity contribution in [2.24, 2.45) is 11.3 Å². The number of ketones is 2. The maximum Gasteiger partial charge on any atom is 0.416 e. The minimum Gasteiger partial charge on any atom is -0.465 e. The summed E-state index contributed by atoms with van der Waals surface area (Å²) in [6.45, 7) is 5.73. The normalized spacial score (nSPS) is 15.8. The fraction of sp³-hybridized carbons (Fsp3) is 0.524. The summed E-state index contributed by atoms with van der Waals surface area (Å²) < 4.78 is 49.0. The predicted octanol–water partition coefficient (Wildman–Crippen LogP) is 3.67. The average molecular weight is 473 g/mol. The summed E-state index contributed by atoms with van der Waals surface area (Å²) in [5, 5.41) is 11.4. The molecule has 180 valence electrons. The Bertz CT molecular complexity index is 1010. The van der Waals surface area contributed by atoms with Crippen molar-refractivity contribution >= 4 is 29.2 Å². The van der Waals surface area contributed by atoms with E-state index in [0.717, 1.165) is 0 Å². The second-order valence-electron chi connectivity index (χ2n) is 8.48. The molecule has 0 N–H and O–H groups in total. The van der Waals surface area contributed by atoms with E-state index in [-0.39, 0.29) is 25.5 Å². The van der Waals surface area contributed by atoms with E-state index in [1.54, 1.807) is 0 Å². The number of ether oxygens (including phenoxy) is 2. The molecule has 1 aliphatic rings. The second-order valence-corrected chi connectivity index (χ2v) is 8.48.